The van der Waals surface area contributed by atoms with Gasteiger partial charge in [-0.15, -0.1) is 0 Å². The van der Waals surface area contributed by atoms with Crippen LogP contribution in [0.3, 0.4) is 0 Å². The molecule has 5 rings (SSSR count). The first-order chi connectivity index (χ1) is 14.2. The van der Waals surface area contributed by atoms with Crippen molar-refractivity contribution in [2.45, 2.75) is 38.3 Å². The van der Waals surface area contributed by atoms with Gasteiger partial charge in [0.1, 0.15) is 5.75 Å². The van der Waals surface area contributed by atoms with E-state index in [9.17, 15) is 4.79 Å². The molecule has 2 heterocycles. The summed E-state index contributed by atoms with van der Waals surface area (Å²) in [5.74, 6) is 2.39. The number of carbonyl (C=O) groups is 1. The number of anilines is 1. The van der Waals surface area contributed by atoms with Gasteiger partial charge < -0.3 is 19.5 Å². The summed E-state index contributed by atoms with van der Waals surface area (Å²) in [6.45, 7) is 1.61. The molecule has 148 valence electrons. The normalized spacial score (nSPS) is 15.7. The quantitative estimate of drug-likeness (QED) is 0.709. The molecule has 2 aromatic carbocycles. The molecule has 1 aliphatic carbocycles. The number of nitrogens with one attached hydrogen (secondary N) is 1. The van der Waals surface area contributed by atoms with E-state index in [0.717, 1.165) is 31.5 Å². The van der Waals surface area contributed by atoms with Crippen LogP contribution >= 0.6 is 0 Å². The second-order valence-electron chi connectivity index (χ2n) is 7.51. The molecule has 0 unspecified atom stereocenters. The second kappa shape index (κ2) is 7.58. The molecule has 7 nitrogen and oxygen atoms in total. The zero-order valence-electron chi connectivity index (χ0n) is 16.0. The van der Waals surface area contributed by atoms with Gasteiger partial charge in [0.25, 0.3) is 0 Å². The van der Waals surface area contributed by atoms with E-state index < -0.39 is 0 Å². The number of benzene rings is 2. The van der Waals surface area contributed by atoms with Crippen molar-refractivity contribution in [2.24, 2.45) is 0 Å². The number of hydrogen-bond acceptors (Lipinski definition) is 5. The van der Waals surface area contributed by atoms with E-state index in [-0.39, 0.29) is 12.6 Å². The van der Waals surface area contributed by atoms with E-state index in [0.29, 0.717) is 29.9 Å². The molecule has 1 N–H and O–H groups in total. The highest BCUT2D eigenvalue weighted by Gasteiger charge is 2.29. The Hall–Kier alpha value is -3.35. The van der Waals surface area contributed by atoms with Gasteiger partial charge >= 0.3 is 6.03 Å². The Balaban J connectivity index is 1.14. The fourth-order valence-electron chi connectivity index (χ4n) is 3.48. The first kappa shape index (κ1) is 17.7. The van der Waals surface area contributed by atoms with Crippen LogP contribution in [0.2, 0.25) is 0 Å². The van der Waals surface area contributed by atoms with Gasteiger partial charge in [-0.05, 0) is 54.7 Å². The minimum absolute atomic E-state index is 0.0902. The number of rotatable bonds is 5. The Labute approximate surface area is 168 Å². The van der Waals surface area contributed by atoms with E-state index in [2.05, 4.69) is 27.6 Å². The van der Waals surface area contributed by atoms with Crippen molar-refractivity contribution in [3.63, 3.8) is 0 Å². The Morgan fingerprint density at radius 3 is 2.72 bits per heavy atom. The molecule has 2 amide bonds. The van der Waals surface area contributed by atoms with Crippen molar-refractivity contribution in [3.8, 4) is 5.75 Å². The fraction of sp³-hybridized carbons (Fsp3) is 0.318. The largest absolute Gasteiger partial charge is 0.485 e. The molecule has 1 aliphatic heterocycles. The van der Waals surface area contributed by atoms with Crippen molar-refractivity contribution in [1.82, 2.24) is 15.0 Å². The van der Waals surface area contributed by atoms with Gasteiger partial charge in [-0.3, -0.25) is 0 Å². The number of aromatic nitrogens is 2. The van der Waals surface area contributed by atoms with Gasteiger partial charge in [0.15, 0.2) is 6.61 Å². The summed E-state index contributed by atoms with van der Waals surface area (Å²) < 4.78 is 10.9. The van der Waals surface area contributed by atoms with Crippen molar-refractivity contribution in [1.29, 1.82) is 0 Å². The predicted octanol–water partition coefficient (Wildman–Crippen LogP) is 4.12. The van der Waals surface area contributed by atoms with Crippen LogP contribution in [0.1, 0.15) is 41.6 Å². The Morgan fingerprint density at radius 2 is 1.93 bits per heavy atom. The second-order valence-corrected chi connectivity index (χ2v) is 7.51. The molecule has 0 spiro atoms. The van der Waals surface area contributed by atoms with Crippen LogP contribution in [0.25, 0.3) is 0 Å². The highest BCUT2D eigenvalue weighted by atomic mass is 16.5. The maximum Gasteiger partial charge on any atom is 0.322 e. The zero-order chi connectivity index (χ0) is 19.6. The molecule has 1 fully saturated rings. The number of hydrogen-bond donors (Lipinski definition) is 1. The maximum atomic E-state index is 12.6. The van der Waals surface area contributed by atoms with Gasteiger partial charge in [0.05, 0.1) is 0 Å². The Bertz CT molecular complexity index is 1010. The number of nitrogens with zero attached hydrogens (tertiary/aromatic N) is 3. The van der Waals surface area contributed by atoms with Gasteiger partial charge in [0, 0.05) is 24.7 Å². The molecular weight excluding hydrogens is 368 g/mol. The fourth-order valence-corrected chi connectivity index (χ4v) is 3.48. The van der Waals surface area contributed by atoms with Crippen molar-refractivity contribution in [3.05, 3.63) is 71.4 Å². The minimum atomic E-state index is -0.0902. The SMILES string of the molecule is O=C(Nc1ccc(OCc2noc(C3CC3)n2)cc1)N1CCc2ccccc2C1. The van der Waals surface area contributed by atoms with Gasteiger partial charge in [0.2, 0.25) is 11.7 Å². The molecule has 0 saturated heterocycles. The lowest BCUT2D eigenvalue weighted by molar-refractivity contribution is 0.206. The van der Waals surface area contributed by atoms with Crippen LogP contribution in [-0.2, 0) is 19.6 Å². The molecule has 0 bridgehead atoms. The molecular formula is C22H22N4O3. The van der Waals surface area contributed by atoms with Crippen LogP contribution in [-0.4, -0.2) is 27.6 Å². The summed E-state index contributed by atoms with van der Waals surface area (Å²) in [5, 5.41) is 6.90. The molecule has 0 atom stereocenters. The summed E-state index contributed by atoms with van der Waals surface area (Å²) in [6, 6.07) is 15.5. The highest BCUT2D eigenvalue weighted by molar-refractivity contribution is 5.89. The van der Waals surface area contributed by atoms with Crippen LogP contribution in [0, 0.1) is 0 Å². The lowest BCUT2D eigenvalue weighted by Crippen LogP contribution is -2.38. The molecule has 3 aromatic rings. The molecule has 0 radical (unpaired) electrons. The molecule has 2 aliphatic rings. The summed E-state index contributed by atoms with van der Waals surface area (Å²) in [5.41, 5.74) is 3.27. The van der Waals surface area contributed by atoms with Gasteiger partial charge in [-0.25, -0.2) is 4.79 Å². The lowest BCUT2D eigenvalue weighted by Gasteiger charge is -2.29. The Morgan fingerprint density at radius 1 is 1.14 bits per heavy atom. The first-order valence-corrected chi connectivity index (χ1v) is 9.93. The van der Waals surface area contributed by atoms with Crippen molar-refractivity contribution < 1.29 is 14.1 Å². The molecule has 29 heavy (non-hydrogen) atoms. The van der Waals surface area contributed by atoms with E-state index in [1.807, 2.05) is 41.3 Å². The number of fused-ring (bicyclic) bond motifs is 1. The van der Waals surface area contributed by atoms with Gasteiger partial charge in [-0.1, -0.05) is 29.4 Å². The number of ether oxygens (including phenoxy) is 1. The summed E-state index contributed by atoms with van der Waals surface area (Å²) in [6.07, 6.45) is 3.13. The highest BCUT2D eigenvalue weighted by Crippen LogP contribution is 2.38. The molecule has 7 heteroatoms. The summed E-state index contributed by atoms with van der Waals surface area (Å²) in [4.78, 5) is 18.8. The molecule has 1 aromatic heterocycles. The maximum absolute atomic E-state index is 12.6. The summed E-state index contributed by atoms with van der Waals surface area (Å²) in [7, 11) is 0. The van der Waals surface area contributed by atoms with Crippen LogP contribution in [0.5, 0.6) is 5.75 Å². The number of urea groups is 1. The predicted molar refractivity (Wildman–Crippen MR) is 107 cm³/mol. The van der Waals surface area contributed by atoms with Crippen LogP contribution in [0.15, 0.2) is 53.1 Å². The topological polar surface area (TPSA) is 80.5 Å². The van der Waals surface area contributed by atoms with Crippen LogP contribution in [0.4, 0.5) is 10.5 Å². The number of amides is 2. The van der Waals surface area contributed by atoms with Gasteiger partial charge in [-0.2, -0.15) is 4.98 Å². The van der Waals surface area contributed by atoms with E-state index in [1.54, 1.807) is 0 Å². The smallest absolute Gasteiger partial charge is 0.322 e. The summed E-state index contributed by atoms with van der Waals surface area (Å²) >= 11 is 0. The van der Waals surface area contributed by atoms with E-state index >= 15 is 0 Å². The van der Waals surface area contributed by atoms with E-state index in [4.69, 9.17) is 9.26 Å². The third-order valence-electron chi connectivity index (χ3n) is 5.30. The lowest BCUT2D eigenvalue weighted by atomic mass is 10.0. The Kier molecular flexibility index (Phi) is 4.63. The van der Waals surface area contributed by atoms with E-state index in [1.165, 1.54) is 11.1 Å². The zero-order valence-corrected chi connectivity index (χ0v) is 16.0. The molecule has 1 saturated carbocycles. The van der Waals surface area contributed by atoms with Crippen LogP contribution < -0.4 is 10.1 Å². The average Bonchev–Trinajstić information content (AvgIpc) is 3.51. The van der Waals surface area contributed by atoms with Crippen molar-refractivity contribution in [2.75, 3.05) is 11.9 Å². The van der Waals surface area contributed by atoms with Crippen molar-refractivity contribution >= 4 is 11.7 Å². The monoisotopic (exact) mass is 390 g/mol. The average molecular weight is 390 g/mol. The minimum Gasteiger partial charge on any atom is -0.485 e. The third-order valence-corrected chi connectivity index (χ3v) is 5.30. The standard InChI is InChI=1S/C22H22N4O3/c27-22(26-12-11-15-3-1-2-4-17(15)13-26)23-18-7-9-19(10-8-18)28-14-20-24-21(29-25-20)16-5-6-16/h1-4,7-10,16H,5-6,11-14H2,(H,23,27). The third kappa shape index (κ3) is 4.08. The number of carbonyl (C=O) groups excluding carboxylic acids is 1. The first-order valence-electron chi connectivity index (χ1n) is 9.93.